The lowest BCUT2D eigenvalue weighted by Gasteiger charge is -2.47. The molecule has 0 amide bonds. The standard InChI is InChI=1S/C13H26N2O2S/c1-11(2)12-4-3-7-15(12)13(10-14)5-8-18(16,17)9-6-13/h11-12H,3-10,14H2,1-2H3. The maximum atomic E-state index is 11.6. The number of hydrogen-bond acceptors (Lipinski definition) is 4. The van der Waals surface area contributed by atoms with Gasteiger partial charge in [-0.15, -0.1) is 0 Å². The molecule has 2 N–H and O–H groups in total. The average molecular weight is 274 g/mol. The number of likely N-dealkylation sites (tertiary alicyclic amines) is 1. The van der Waals surface area contributed by atoms with Crippen LogP contribution >= 0.6 is 0 Å². The number of hydrogen-bond donors (Lipinski definition) is 1. The second kappa shape index (κ2) is 5.10. The highest BCUT2D eigenvalue weighted by Gasteiger charge is 2.45. The molecule has 18 heavy (non-hydrogen) atoms. The van der Waals surface area contributed by atoms with Crippen LogP contribution < -0.4 is 5.73 Å². The fourth-order valence-corrected chi connectivity index (χ4v) is 5.19. The van der Waals surface area contributed by atoms with E-state index in [4.69, 9.17) is 5.73 Å². The van der Waals surface area contributed by atoms with Crippen molar-refractivity contribution >= 4 is 9.84 Å². The summed E-state index contributed by atoms with van der Waals surface area (Å²) in [4.78, 5) is 2.53. The molecule has 4 nitrogen and oxygen atoms in total. The van der Waals surface area contributed by atoms with Gasteiger partial charge >= 0.3 is 0 Å². The van der Waals surface area contributed by atoms with E-state index in [9.17, 15) is 8.42 Å². The van der Waals surface area contributed by atoms with Gasteiger partial charge in [-0.1, -0.05) is 13.8 Å². The Kier molecular flexibility index (Phi) is 4.04. The zero-order valence-electron chi connectivity index (χ0n) is 11.6. The molecule has 1 atom stereocenters. The van der Waals surface area contributed by atoms with Crippen molar-refractivity contribution in [2.24, 2.45) is 11.7 Å². The van der Waals surface area contributed by atoms with Crippen molar-refractivity contribution < 1.29 is 8.42 Å². The molecule has 0 aliphatic carbocycles. The Balaban J connectivity index is 2.18. The average Bonchev–Trinajstić information content (AvgIpc) is 2.79. The summed E-state index contributed by atoms with van der Waals surface area (Å²) >= 11 is 0. The molecule has 0 aromatic heterocycles. The van der Waals surface area contributed by atoms with E-state index in [1.165, 1.54) is 12.8 Å². The minimum Gasteiger partial charge on any atom is -0.329 e. The van der Waals surface area contributed by atoms with E-state index >= 15 is 0 Å². The first-order valence-corrected chi connectivity index (χ1v) is 8.90. The lowest BCUT2D eigenvalue weighted by molar-refractivity contribution is 0.0511. The maximum Gasteiger partial charge on any atom is 0.150 e. The topological polar surface area (TPSA) is 63.4 Å². The van der Waals surface area contributed by atoms with Crippen LogP contribution in [0.2, 0.25) is 0 Å². The van der Waals surface area contributed by atoms with Gasteiger partial charge in [-0.2, -0.15) is 0 Å². The molecule has 0 bridgehead atoms. The first-order valence-electron chi connectivity index (χ1n) is 7.07. The summed E-state index contributed by atoms with van der Waals surface area (Å²) in [6.45, 7) is 6.19. The Labute approximate surface area is 111 Å². The fourth-order valence-electron chi connectivity index (χ4n) is 3.60. The summed E-state index contributed by atoms with van der Waals surface area (Å²) in [6, 6.07) is 0.578. The van der Waals surface area contributed by atoms with Crippen LogP contribution in [0.15, 0.2) is 0 Å². The largest absolute Gasteiger partial charge is 0.329 e. The lowest BCUT2D eigenvalue weighted by Crippen LogP contribution is -2.60. The van der Waals surface area contributed by atoms with E-state index in [2.05, 4.69) is 18.7 Å². The van der Waals surface area contributed by atoms with Crippen LogP contribution in [0.1, 0.15) is 39.5 Å². The molecule has 2 saturated heterocycles. The second-order valence-electron chi connectivity index (χ2n) is 6.23. The van der Waals surface area contributed by atoms with Crippen molar-refractivity contribution in [1.29, 1.82) is 0 Å². The van der Waals surface area contributed by atoms with Crippen molar-refractivity contribution in [2.45, 2.75) is 51.1 Å². The molecule has 1 unspecified atom stereocenters. The van der Waals surface area contributed by atoms with Crippen molar-refractivity contribution in [1.82, 2.24) is 4.90 Å². The van der Waals surface area contributed by atoms with E-state index in [-0.39, 0.29) is 5.54 Å². The van der Waals surface area contributed by atoms with Crippen LogP contribution in [0.25, 0.3) is 0 Å². The summed E-state index contributed by atoms with van der Waals surface area (Å²) in [6.07, 6.45) is 3.88. The Bertz CT molecular complexity index is 378. The second-order valence-corrected chi connectivity index (χ2v) is 8.53. The minimum absolute atomic E-state index is 0.0588. The molecular formula is C13H26N2O2S. The third kappa shape index (κ3) is 2.58. The van der Waals surface area contributed by atoms with Gasteiger partial charge in [-0.3, -0.25) is 4.90 Å². The van der Waals surface area contributed by atoms with Crippen molar-refractivity contribution in [3.8, 4) is 0 Å². The summed E-state index contributed by atoms with van der Waals surface area (Å²) in [5.74, 6) is 1.24. The predicted molar refractivity (Wildman–Crippen MR) is 74.2 cm³/mol. The summed E-state index contributed by atoms with van der Waals surface area (Å²) in [7, 11) is -2.81. The molecule has 2 rings (SSSR count). The number of nitrogens with zero attached hydrogens (tertiary/aromatic N) is 1. The summed E-state index contributed by atoms with van der Waals surface area (Å²) < 4.78 is 23.3. The highest BCUT2D eigenvalue weighted by atomic mass is 32.2. The Hall–Kier alpha value is -0.130. The van der Waals surface area contributed by atoms with E-state index in [0.717, 1.165) is 19.4 Å². The van der Waals surface area contributed by atoms with Gasteiger partial charge in [0.15, 0.2) is 0 Å². The first-order chi connectivity index (χ1) is 8.40. The normalized spacial score (nSPS) is 31.9. The Morgan fingerprint density at radius 2 is 1.94 bits per heavy atom. The van der Waals surface area contributed by atoms with Gasteiger partial charge in [0, 0.05) is 18.1 Å². The molecule has 5 heteroatoms. The number of rotatable bonds is 3. The molecule has 0 spiro atoms. The van der Waals surface area contributed by atoms with E-state index in [1.54, 1.807) is 0 Å². The van der Waals surface area contributed by atoms with Gasteiger partial charge in [0.25, 0.3) is 0 Å². The number of nitrogens with two attached hydrogens (primary N) is 1. The van der Waals surface area contributed by atoms with Crippen LogP contribution in [-0.2, 0) is 9.84 Å². The summed E-state index contributed by atoms with van der Waals surface area (Å²) in [5, 5.41) is 0. The molecule has 106 valence electrons. The monoisotopic (exact) mass is 274 g/mol. The zero-order valence-corrected chi connectivity index (χ0v) is 12.4. The maximum absolute atomic E-state index is 11.6. The SMILES string of the molecule is CC(C)C1CCCN1C1(CN)CCS(=O)(=O)CC1. The van der Waals surface area contributed by atoms with Gasteiger partial charge in [-0.05, 0) is 38.1 Å². The lowest BCUT2D eigenvalue weighted by atomic mass is 9.87. The highest BCUT2D eigenvalue weighted by Crippen LogP contribution is 2.37. The summed E-state index contributed by atoms with van der Waals surface area (Å²) in [5.41, 5.74) is 5.97. The molecule has 0 radical (unpaired) electrons. The van der Waals surface area contributed by atoms with Crippen molar-refractivity contribution in [2.75, 3.05) is 24.6 Å². The molecular weight excluding hydrogens is 248 g/mol. The fraction of sp³-hybridized carbons (Fsp3) is 1.00. The van der Waals surface area contributed by atoms with E-state index in [1.807, 2.05) is 0 Å². The van der Waals surface area contributed by atoms with Crippen LogP contribution in [0.3, 0.4) is 0 Å². The molecule has 0 saturated carbocycles. The minimum atomic E-state index is -2.81. The van der Waals surface area contributed by atoms with Gasteiger partial charge < -0.3 is 5.73 Å². The highest BCUT2D eigenvalue weighted by molar-refractivity contribution is 7.91. The smallest absolute Gasteiger partial charge is 0.150 e. The van der Waals surface area contributed by atoms with Crippen LogP contribution in [0, 0.1) is 5.92 Å². The molecule has 0 aromatic carbocycles. The van der Waals surface area contributed by atoms with E-state index < -0.39 is 9.84 Å². The van der Waals surface area contributed by atoms with E-state index in [0.29, 0.717) is 30.0 Å². The first kappa shape index (κ1) is 14.3. The molecule has 2 aliphatic rings. The van der Waals surface area contributed by atoms with Gasteiger partial charge in [0.1, 0.15) is 9.84 Å². The quantitative estimate of drug-likeness (QED) is 0.834. The molecule has 2 heterocycles. The van der Waals surface area contributed by atoms with Crippen LogP contribution in [0.5, 0.6) is 0 Å². The molecule has 2 fully saturated rings. The van der Waals surface area contributed by atoms with Crippen LogP contribution in [-0.4, -0.2) is 49.5 Å². The van der Waals surface area contributed by atoms with Gasteiger partial charge in [-0.25, -0.2) is 8.42 Å². The van der Waals surface area contributed by atoms with Crippen LogP contribution in [0.4, 0.5) is 0 Å². The number of sulfone groups is 1. The van der Waals surface area contributed by atoms with Crippen molar-refractivity contribution in [3.05, 3.63) is 0 Å². The van der Waals surface area contributed by atoms with Crippen molar-refractivity contribution in [3.63, 3.8) is 0 Å². The Morgan fingerprint density at radius 1 is 1.33 bits per heavy atom. The van der Waals surface area contributed by atoms with Gasteiger partial charge in [0.05, 0.1) is 11.5 Å². The molecule has 2 aliphatic heterocycles. The van der Waals surface area contributed by atoms with Gasteiger partial charge in [0.2, 0.25) is 0 Å². The third-order valence-electron chi connectivity index (χ3n) is 4.81. The zero-order chi connectivity index (χ0) is 13.4. The molecule has 0 aromatic rings. The predicted octanol–water partition coefficient (Wildman–Crippen LogP) is 1.01. The Morgan fingerprint density at radius 3 is 2.44 bits per heavy atom. The third-order valence-corrected chi connectivity index (χ3v) is 6.47.